The van der Waals surface area contributed by atoms with Crippen molar-refractivity contribution in [1.82, 2.24) is 5.32 Å². The van der Waals surface area contributed by atoms with Gasteiger partial charge in [-0.3, -0.25) is 4.79 Å². The topological polar surface area (TPSA) is 54.3 Å². The van der Waals surface area contributed by atoms with Crippen LogP contribution in [0.3, 0.4) is 0 Å². The third kappa shape index (κ3) is 2.96. The molecule has 1 aromatic carbocycles. The second-order valence-electron chi connectivity index (χ2n) is 4.49. The van der Waals surface area contributed by atoms with E-state index >= 15 is 0 Å². The van der Waals surface area contributed by atoms with Crippen molar-refractivity contribution < 1.29 is 9.21 Å². The molecule has 0 aliphatic carbocycles. The maximum absolute atomic E-state index is 11.5. The highest BCUT2D eigenvalue weighted by molar-refractivity contribution is 5.94. The zero-order valence-electron chi connectivity index (χ0n) is 11.4. The second-order valence-corrected chi connectivity index (χ2v) is 4.49. The Bertz CT molecular complexity index is 588. The molecule has 0 fully saturated rings. The molecule has 4 nitrogen and oxygen atoms in total. The Morgan fingerprint density at radius 2 is 2.00 bits per heavy atom. The normalized spacial score (nSPS) is 10.3. The molecule has 2 rings (SSSR count). The summed E-state index contributed by atoms with van der Waals surface area (Å²) < 4.78 is 5.38. The molecule has 1 amide bonds. The zero-order chi connectivity index (χ0) is 13.8. The van der Waals surface area contributed by atoms with Gasteiger partial charge in [0.1, 0.15) is 5.76 Å². The fourth-order valence-corrected chi connectivity index (χ4v) is 1.91. The van der Waals surface area contributed by atoms with Crippen molar-refractivity contribution in [3.05, 3.63) is 53.0 Å². The third-order valence-corrected chi connectivity index (χ3v) is 3.12. The predicted octanol–water partition coefficient (Wildman–Crippen LogP) is 2.87. The van der Waals surface area contributed by atoms with Gasteiger partial charge in [-0.25, -0.2) is 0 Å². The highest BCUT2D eigenvalue weighted by Gasteiger charge is 2.07. The molecule has 4 heteroatoms. The van der Waals surface area contributed by atoms with Gasteiger partial charge in [0.25, 0.3) is 5.91 Å². The molecule has 0 spiro atoms. The molecule has 0 saturated carbocycles. The van der Waals surface area contributed by atoms with E-state index in [9.17, 15) is 4.79 Å². The van der Waals surface area contributed by atoms with Gasteiger partial charge in [-0.1, -0.05) is 0 Å². The van der Waals surface area contributed by atoms with E-state index in [4.69, 9.17) is 4.42 Å². The van der Waals surface area contributed by atoms with Crippen molar-refractivity contribution >= 4 is 11.6 Å². The number of hydrogen-bond donors (Lipinski definition) is 2. The molecular weight excluding hydrogens is 240 g/mol. The fraction of sp³-hybridized carbons (Fsp3) is 0.267. The predicted molar refractivity (Wildman–Crippen MR) is 75.3 cm³/mol. The van der Waals surface area contributed by atoms with Crippen molar-refractivity contribution in [2.24, 2.45) is 0 Å². The summed E-state index contributed by atoms with van der Waals surface area (Å²) in [5.41, 5.74) is 3.83. The Labute approximate surface area is 112 Å². The molecule has 0 aliphatic heterocycles. The number of amides is 1. The van der Waals surface area contributed by atoms with Gasteiger partial charge in [0.2, 0.25) is 0 Å². The van der Waals surface area contributed by atoms with Crippen LogP contribution < -0.4 is 10.6 Å². The van der Waals surface area contributed by atoms with Crippen LogP contribution in [0, 0.1) is 13.8 Å². The molecule has 0 aliphatic rings. The Balaban J connectivity index is 2.09. The summed E-state index contributed by atoms with van der Waals surface area (Å²) in [4.78, 5) is 11.5. The Hall–Kier alpha value is -2.23. The highest BCUT2D eigenvalue weighted by Crippen LogP contribution is 2.18. The van der Waals surface area contributed by atoms with Gasteiger partial charge in [-0.2, -0.15) is 0 Å². The first-order valence-corrected chi connectivity index (χ1v) is 6.21. The SMILES string of the molecule is CNC(=O)c1ccc(NCc2occc2C)c(C)c1. The van der Waals surface area contributed by atoms with Gasteiger partial charge in [-0.05, 0) is 49.2 Å². The van der Waals surface area contributed by atoms with Gasteiger partial charge in [-0.15, -0.1) is 0 Å². The van der Waals surface area contributed by atoms with Crippen molar-refractivity contribution in [3.63, 3.8) is 0 Å². The lowest BCUT2D eigenvalue weighted by Crippen LogP contribution is -2.17. The molecule has 2 aromatic rings. The minimum absolute atomic E-state index is 0.0727. The van der Waals surface area contributed by atoms with E-state index < -0.39 is 0 Å². The minimum Gasteiger partial charge on any atom is -0.467 e. The Morgan fingerprint density at radius 1 is 1.21 bits per heavy atom. The summed E-state index contributed by atoms with van der Waals surface area (Å²) in [5, 5.41) is 5.93. The number of carbonyl (C=O) groups is 1. The molecule has 0 atom stereocenters. The summed E-state index contributed by atoms with van der Waals surface area (Å²) in [6.07, 6.45) is 1.69. The minimum atomic E-state index is -0.0727. The molecule has 100 valence electrons. The molecule has 0 bridgehead atoms. The van der Waals surface area contributed by atoms with E-state index in [0.29, 0.717) is 12.1 Å². The molecule has 1 aromatic heterocycles. The van der Waals surface area contributed by atoms with Crippen LogP contribution in [-0.2, 0) is 6.54 Å². The maximum atomic E-state index is 11.5. The summed E-state index contributed by atoms with van der Waals surface area (Å²) in [6.45, 7) is 4.63. The Morgan fingerprint density at radius 3 is 2.58 bits per heavy atom. The monoisotopic (exact) mass is 258 g/mol. The van der Waals surface area contributed by atoms with Crippen LogP contribution in [-0.4, -0.2) is 13.0 Å². The van der Waals surface area contributed by atoms with E-state index in [1.54, 1.807) is 13.3 Å². The van der Waals surface area contributed by atoms with Crippen LogP contribution in [0.2, 0.25) is 0 Å². The van der Waals surface area contributed by atoms with E-state index in [2.05, 4.69) is 10.6 Å². The van der Waals surface area contributed by atoms with Crippen LogP contribution in [0.25, 0.3) is 0 Å². The number of anilines is 1. The molecule has 0 saturated heterocycles. The van der Waals surface area contributed by atoms with Crippen LogP contribution in [0.15, 0.2) is 34.9 Å². The standard InChI is InChI=1S/C15H18N2O2/c1-10-6-7-19-14(10)9-17-13-5-4-12(8-11(13)2)15(18)16-3/h4-8,17H,9H2,1-3H3,(H,16,18). The Kier molecular flexibility index (Phi) is 3.90. The lowest BCUT2D eigenvalue weighted by molar-refractivity contribution is 0.0963. The number of furan rings is 1. The summed E-state index contributed by atoms with van der Waals surface area (Å²) >= 11 is 0. The van der Waals surface area contributed by atoms with Crippen LogP contribution in [0.4, 0.5) is 5.69 Å². The summed E-state index contributed by atoms with van der Waals surface area (Å²) in [7, 11) is 1.63. The molecule has 0 radical (unpaired) electrons. The van der Waals surface area contributed by atoms with E-state index in [1.165, 1.54) is 0 Å². The van der Waals surface area contributed by atoms with Gasteiger partial charge < -0.3 is 15.1 Å². The number of rotatable bonds is 4. The molecule has 19 heavy (non-hydrogen) atoms. The molecule has 1 heterocycles. The van der Waals surface area contributed by atoms with Gasteiger partial charge in [0.15, 0.2) is 0 Å². The lowest BCUT2D eigenvalue weighted by Gasteiger charge is -2.10. The molecular formula is C15H18N2O2. The van der Waals surface area contributed by atoms with Crippen LogP contribution in [0.5, 0.6) is 0 Å². The number of benzene rings is 1. The van der Waals surface area contributed by atoms with Gasteiger partial charge >= 0.3 is 0 Å². The number of carbonyl (C=O) groups excluding carboxylic acids is 1. The van der Waals surface area contributed by atoms with Crippen LogP contribution in [0.1, 0.15) is 27.2 Å². The first kappa shape index (κ1) is 13.2. The molecule has 2 N–H and O–H groups in total. The quantitative estimate of drug-likeness (QED) is 0.886. The highest BCUT2D eigenvalue weighted by atomic mass is 16.3. The second kappa shape index (κ2) is 5.61. The van der Waals surface area contributed by atoms with Gasteiger partial charge in [0.05, 0.1) is 12.8 Å². The van der Waals surface area contributed by atoms with Gasteiger partial charge in [0, 0.05) is 18.3 Å². The van der Waals surface area contributed by atoms with E-state index in [-0.39, 0.29) is 5.91 Å². The van der Waals surface area contributed by atoms with Crippen molar-refractivity contribution in [2.75, 3.05) is 12.4 Å². The number of nitrogens with one attached hydrogen (secondary N) is 2. The van der Waals surface area contributed by atoms with Crippen molar-refractivity contribution in [3.8, 4) is 0 Å². The van der Waals surface area contributed by atoms with E-state index in [0.717, 1.165) is 22.6 Å². The van der Waals surface area contributed by atoms with Crippen molar-refractivity contribution in [2.45, 2.75) is 20.4 Å². The maximum Gasteiger partial charge on any atom is 0.251 e. The van der Waals surface area contributed by atoms with Crippen LogP contribution >= 0.6 is 0 Å². The average molecular weight is 258 g/mol. The smallest absolute Gasteiger partial charge is 0.251 e. The first-order valence-electron chi connectivity index (χ1n) is 6.21. The zero-order valence-corrected chi connectivity index (χ0v) is 11.4. The van der Waals surface area contributed by atoms with E-state index in [1.807, 2.05) is 38.1 Å². The number of aryl methyl sites for hydroxylation is 2. The summed E-state index contributed by atoms with van der Waals surface area (Å²) in [6, 6.07) is 7.54. The number of hydrogen-bond acceptors (Lipinski definition) is 3. The summed E-state index contributed by atoms with van der Waals surface area (Å²) in [5.74, 6) is 0.853. The molecule has 0 unspecified atom stereocenters. The first-order chi connectivity index (χ1) is 9.11. The fourth-order valence-electron chi connectivity index (χ4n) is 1.91. The van der Waals surface area contributed by atoms with Crippen molar-refractivity contribution in [1.29, 1.82) is 0 Å². The largest absolute Gasteiger partial charge is 0.467 e. The average Bonchev–Trinajstić information content (AvgIpc) is 2.82. The third-order valence-electron chi connectivity index (χ3n) is 3.12. The lowest BCUT2D eigenvalue weighted by atomic mass is 10.1.